The Kier molecular flexibility index (Phi) is 4.33. The Labute approximate surface area is 262 Å². The second-order valence-corrected chi connectivity index (χ2v) is 15.9. The Hall–Kier alpha value is -5.39. The van der Waals surface area contributed by atoms with Gasteiger partial charge in [0.1, 0.15) is 19.2 Å². The molecule has 6 aromatic carbocycles. The Morgan fingerprint density at radius 2 is 1.27 bits per heavy atom. The lowest BCUT2D eigenvalue weighted by molar-refractivity contribution is 0.670. The molecule has 1 aliphatic heterocycles. The number of aromatic nitrogens is 3. The molecule has 0 bridgehead atoms. The molecule has 0 atom stereocenters. The first-order valence-corrected chi connectivity index (χ1v) is 17.6. The summed E-state index contributed by atoms with van der Waals surface area (Å²) in [5.74, 6) is 1.10. The van der Waals surface area contributed by atoms with Crippen LogP contribution in [0.5, 0.6) is 0 Å². The van der Waals surface area contributed by atoms with Gasteiger partial charge in [-0.05, 0) is 38.8 Å². The maximum absolute atomic E-state index is 10.1. The fourth-order valence-corrected chi connectivity index (χ4v) is 10.0. The van der Waals surface area contributed by atoms with Crippen molar-refractivity contribution in [3.8, 4) is 45.3 Å². The number of rotatable bonds is 3. The van der Waals surface area contributed by atoms with Gasteiger partial charge in [0.2, 0.25) is 0 Å². The lowest BCUT2D eigenvalue weighted by atomic mass is 9.96. The molecule has 0 N–H and O–H groups in total. The number of hydrogen-bond donors (Lipinski definition) is 0. The third kappa shape index (κ3) is 3.60. The van der Waals surface area contributed by atoms with E-state index in [-0.39, 0.29) is 47.0 Å². The van der Waals surface area contributed by atoms with E-state index in [2.05, 4.69) is 37.4 Å². The van der Waals surface area contributed by atoms with E-state index in [0.29, 0.717) is 28.2 Å². The molecule has 3 heterocycles. The Bertz CT molecular complexity index is 2640. The van der Waals surface area contributed by atoms with Crippen molar-refractivity contribution in [2.75, 3.05) is 0 Å². The molecule has 4 nitrogen and oxygen atoms in total. The van der Waals surface area contributed by atoms with Gasteiger partial charge in [-0.3, -0.25) is 0 Å². The first-order chi connectivity index (χ1) is 23.7. The van der Waals surface area contributed by atoms with E-state index in [4.69, 9.17) is 24.9 Å². The monoisotopic (exact) mass is 586 g/mol. The fourth-order valence-electron chi connectivity index (χ4n) is 6.69. The molecule has 1 aliphatic rings. The van der Waals surface area contributed by atoms with Crippen LogP contribution in [0.1, 0.15) is 6.85 Å². The lowest BCUT2D eigenvalue weighted by Gasteiger charge is -2.21. The van der Waals surface area contributed by atoms with E-state index >= 15 is 0 Å². The summed E-state index contributed by atoms with van der Waals surface area (Å²) in [5.41, 5.74) is 4.13. The van der Waals surface area contributed by atoms with Crippen LogP contribution in [-0.4, -0.2) is 23.0 Å². The summed E-state index contributed by atoms with van der Waals surface area (Å²) in [6.07, 6.45) is 0. The summed E-state index contributed by atoms with van der Waals surface area (Å²) in [6, 6.07) is 30.7. The first kappa shape index (κ1) is 20.5. The van der Waals surface area contributed by atoms with Crippen LogP contribution in [0.15, 0.2) is 132 Å². The molecule has 44 heavy (non-hydrogen) atoms. The molecule has 2 aromatic heterocycles. The van der Waals surface area contributed by atoms with Gasteiger partial charge in [-0.25, -0.2) is 15.0 Å². The summed E-state index contributed by atoms with van der Waals surface area (Å²) < 4.78 is 51.7. The van der Waals surface area contributed by atoms with Crippen molar-refractivity contribution in [1.82, 2.24) is 15.0 Å². The van der Waals surface area contributed by atoms with E-state index in [0.717, 1.165) is 38.2 Å². The quantitative estimate of drug-likeness (QED) is 0.194. The van der Waals surface area contributed by atoms with Crippen molar-refractivity contribution in [2.45, 2.75) is 13.1 Å². The van der Waals surface area contributed by atoms with Crippen LogP contribution >= 0.6 is 0 Å². The molecule has 5 heteroatoms. The molecule has 208 valence electrons. The van der Waals surface area contributed by atoms with Gasteiger partial charge < -0.3 is 4.42 Å². The number of fused-ring (bicyclic) bond motifs is 9. The van der Waals surface area contributed by atoms with Crippen LogP contribution in [0.4, 0.5) is 0 Å². The summed E-state index contributed by atoms with van der Waals surface area (Å²) in [5, 5.41) is 4.90. The van der Waals surface area contributed by atoms with Gasteiger partial charge in [0, 0.05) is 33.0 Å². The Morgan fingerprint density at radius 3 is 2.00 bits per heavy atom. The summed E-state index contributed by atoms with van der Waals surface area (Å²) in [6.45, 7) is 4.49. The standard InChI is InChI=1S/C39H27N3OSi/c1-44(2)32-23-30(39-41-37(25-14-5-3-6-15-25)40-38(42-39)26-16-7-4-8-17-26)33-28-19-11-12-20-31(28)43-35(33)34(32)29-22-21-24-13-9-10-18-27(24)36(29)44/h3-23H,1-2H3/i11D,12D,19D,20D,23D. The third-order valence-corrected chi connectivity index (χ3v) is 12.1. The van der Waals surface area contributed by atoms with Crippen molar-refractivity contribution in [1.29, 1.82) is 0 Å². The van der Waals surface area contributed by atoms with Crippen molar-refractivity contribution >= 4 is 51.2 Å². The third-order valence-electron chi connectivity index (χ3n) is 8.68. The molecule has 0 aliphatic carbocycles. The lowest BCUT2D eigenvalue weighted by Crippen LogP contribution is -2.49. The highest BCUT2D eigenvalue weighted by Crippen LogP contribution is 2.44. The number of furan rings is 1. The van der Waals surface area contributed by atoms with Crippen LogP contribution in [-0.2, 0) is 0 Å². The summed E-state index contributed by atoms with van der Waals surface area (Å²) in [4.78, 5) is 14.9. The molecule has 0 saturated carbocycles. The van der Waals surface area contributed by atoms with Crippen LogP contribution < -0.4 is 10.4 Å². The summed E-state index contributed by atoms with van der Waals surface area (Å²) in [7, 11) is -2.61. The highest BCUT2D eigenvalue weighted by atomic mass is 28.3. The molecular formula is C39H27N3OSi. The molecule has 8 aromatic rings. The molecule has 0 fully saturated rings. The van der Waals surface area contributed by atoms with Gasteiger partial charge in [0.05, 0.1) is 6.85 Å². The molecular weight excluding hydrogens is 555 g/mol. The van der Waals surface area contributed by atoms with Crippen LogP contribution in [0.2, 0.25) is 13.1 Å². The van der Waals surface area contributed by atoms with E-state index in [9.17, 15) is 1.37 Å². The zero-order chi connectivity index (χ0) is 33.8. The largest absolute Gasteiger partial charge is 0.455 e. The van der Waals surface area contributed by atoms with E-state index in [1.54, 1.807) is 0 Å². The maximum atomic E-state index is 10.1. The molecule has 9 rings (SSSR count). The van der Waals surface area contributed by atoms with Crippen molar-refractivity contribution < 1.29 is 11.3 Å². The minimum Gasteiger partial charge on any atom is -0.455 e. The highest BCUT2D eigenvalue weighted by molar-refractivity contribution is 7.05. The highest BCUT2D eigenvalue weighted by Gasteiger charge is 2.42. The number of hydrogen-bond acceptors (Lipinski definition) is 4. The normalized spacial score (nSPS) is 15.0. The van der Waals surface area contributed by atoms with Gasteiger partial charge in [-0.1, -0.05) is 128 Å². The molecule has 0 spiro atoms. The molecule has 0 saturated heterocycles. The molecule has 0 radical (unpaired) electrons. The Morgan fingerprint density at radius 1 is 0.636 bits per heavy atom. The Balaban J connectivity index is 1.49. The second-order valence-electron chi connectivity index (χ2n) is 11.6. The SMILES string of the molecule is [2H]c1c([2H])c([2H])c2c(oc3c4c(c([2H])c(-c5nc(-c6ccccc6)nc(-c6ccccc6)n5)c32)[Si](C)(C)c2c-4ccc3ccccc23)c1[2H]. The van der Waals surface area contributed by atoms with E-state index in [1.165, 1.54) is 5.19 Å². The predicted octanol–water partition coefficient (Wildman–Crippen LogP) is 8.73. The van der Waals surface area contributed by atoms with Crippen LogP contribution in [0, 0.1) is 0 Å². The second kappa shape index (κ2) is 9.30. The van der Waals surface area contributed by atoms with Gasteiger partial charge in [0.15, 0.2) is 17.5 Å². The number of nitrogens with zero attached hydrogens (tertiary/aromatic N) is 3. The minimum atomic E-state index is -2.61. The number of para-hydroxylation sites is 1. The minimum absolute atomic E-state index is 0.0457. The zero-order valence-corrected chi connectivity index (χ0v) is 25.0. The topological polar surface area (TPSA) is 51.8 Å². The predicted molar refractivity (Wildman–Crippen MR) is 183 cm³/mol. The van der Waals surface area contributed by atoms with Crippen molar-refractivity contribution in [3.63, 3.8) is 0 Å². The van der Waals surface area contributed by atoms with Gasteiger partial charge >= 0.3 is 0 Å². The van der Waals surface area contributed by atoms with Gasteiger partial charge in [0.25, 0.3) is 0 Å². The fraction of sp³-hybridized carbons (Fsp3) is 0.0513. The van der Waals surface area contributed by atoms with Gasteiger partial charge in [-0.2, -0.15) is 0 Å². The van der Waals surface area contributed by atoms with Crippen molar-refractivity contribution in [2.24, 2.45) is 0 Å². The summed E-state index contributed by atoms with van der Waals surface area (Å²) >= 11 is 0. The molecule has 0 unspecified atom stereocenters. The smallest absolute Gasteiger partial charge is 0.164 e. The van der Waals surface area contributed by atoms with Crippen molar-refractivity contribution in [3.05, 3.63) is 127 Å². The number of benzene rings is 6. The first-order valence-electron chi connectivity index (χ1n) is 17.1. The van der Waals surface area contributed by atoms with Gasteiger partial charge in [-0.15, -0.1) is 0 Å². The maximum Gasteiger partial charge on any atom is 0.164 e. The zero-order valence-electron chi connectivity index (χ0n) is 29.0. The van der Waals surface area contributed by atoms with Crippen LogP contribution in [0.25, 0.3) is 78.0 Å². The van der Waals surface area contributed by atoms with E-state index < -0.39 is 8.07 Å². The van der Waals surface area contributed by atoms with Crippen LogP contribution in [0.3, 0.4) is 0 Å². The average Bonchev–Trinajstić information content (AvgIpc) is 3.64. The van der Waals surface area contributed by atoms with E-state index in [1.807, 2.05) is 72.8 Å². The molecule has 0 amide bonds. The average molecular weight is 587 g/mol.